The van der Waals surface area contributed by atoms with E-state index in [2.05, 4.69) is 25.8 Å². The van der Waals surface area contributed by atoms with Crippen LogP contribution in [-0.4, -0.2) is 38.5 Å². The fraction of sp³-hybridized carbons (Fsp3) is 0.190. The lowest BCUT2D eigenvalue weighted by Crippen LogP contribution is -2.58. The first kappa shape index (κ1) is 19.3. The van der Waals surface area contributed by atoms with E-state index in [4.69, 9.17) is 0 Å². The predicted octanol–water partition coefficient (Wildman–Crippen LogP) is 1.47. The zero-order valence-electron chi connectivity index (χ0n) is 16.3. The summed E-state index contributed by atoms with van der Waals surface area (Å²) >= 11 is 0. The van der Waals surface area contributed by atoms with E-state index < -0.39 is 11.9 Å². The van der Waals surface area contributed by atoms with Gasteiger partial charge in [0.15, 0.2) is 0 Å². The van der Waals surface area contributed by atoms with E-state index in [0.717, 1.165) is 5.56 Å². The molecule has 4 rings (SSSR count). The fourth-order valence-electron chi connectivity index (χ4n) is 3.16. The third-order valence-electron chi connectivity index (χ3n) is 4.69. The molecule has 0 spiro atoms. The third kappa shape index (κ3) is 4.19. The molecule has 0 radical (unpaired) electrons. The molecule has 0 aliphatic carbocycles. The zero-order chi connectivity index (χ0) is 20.9. The van der Waals surface area contributed by atoms with Crippen molar-refractivity contribution in [2.24, 2.45) is 4.99 Å². The number of nitrogens with zero attached hydrogens (tertiary/aromatic N) is 5. The van der Waals surface area contributed by atoms with Crippen molar-refractivity contribution in [3.8, 4) is 0 Å². The van der Waals surface area contributed by atoms with E-state index in [-0.39, 0.29) is 17.8 Å². The number of benzene rings is 2. The molecule has 30 heavy (non-hydrogen) atoms. The zero-order valence-corrected chi connectivity index (χ0v) is 16.3. The van der Waals surface area contributed by atoms with Gasteiger partial charge in [-0.3, -0.25) is 19.7 Å². The molecule has 0 fully saturated rings. The molecule has 1 aliphatic rings. The number of anilines is 1. The minimum Gasteiger partial charge on any atom is -0.341 e. The molecule has 0 saturated carbocycles. The number of amidine groups is 1. The van der Waals surface area contributed by atoms with Crippen LogP contribution < -0.4 is 15.8 Å². The maximum Gasteiger partial charge on any atom is 0.288 e. The first-order valence-electron chi connectivity index (χ1n) is 9.53. The first-order chi connectivity index (χ1) is 14.6. The van der Waals surface area contributed by atoms with E-state index in [1.165, 1.54) is 11.3 Å². The summed E-state index contributed by atoms with van der Waals surface area (Å²) < 4.78 is 1.65. The Labute approximate surface area is 173 Å². The third-order valence-corrected chi connectivity index (χ3v) is 4.69. The number of amides is 2. The topological polar surface area (TPSA) is 105 Å². The second kappa shape index (κ2) is 8.56. The van der Waals surface area contributed by atoms with Crippen LogP contribution in [0.2, 0.25) is 0 Å². The molecule has 2 amide bonds. The largest absolute Gasteiger partial charge is 0.341 e. The summed E-state index contributed by atoms with van der Waals surface area (Å²) in [6.45, 7) is 2.07. The molecule has 2 atom stereocenters. The van der Waals surface area contributed by atoms with Crippen LogP contribution in [0.15, 0.2) is 78.3 Å². The van der Waals surface area contributed by atoms with Crippen LogP contribution in [0, 0.1) is 0 Å². The van der Waals surface area contributed by atoms with Crippen molar-refractivity contribution < 1.29 is 9.59 Å². The highest BCUT2D eigenvalue weighted by atomic mass is 16.2. The van der Waals surface area contributed by atoms with Crippen molar-refractivity contribution in [1.29, 1.82) is 0 Å². The quantitative estimate of drug-likeness (QED) is 0.649. The van der Waals surface area contributed by atoms with Crippen molar-refractivity contribution in [3.05, 3.63) is 78.9 Å². The molecule has 0 saturated heterocycles. The maximum atomic E-state index is 13.1. The van der Waals surface area contributed by atoms with E-state index in [1.807, 2.05) is 48.5 Å². The van der Waals surface area contributed by atoms with Crippen LogP contribution in [0.3, 0.4) is 0 Å². The van der Waals surface area contributed by atoms with Gasteiger partial charge in [0.1, 0.15) is 18.7 Å². The predicted molar refractivity (Wildman–Crippen MR) is 111 cm³/mol. The number of hydrazine groups is 1. The lowest BCUT2D eigenvalue weighted by atomic mass is 10.1. The average Bonchev–Trinajstić information content (AvgIpc) is 3.29. The summed E-state index contributed by atoms with van der Waals surface area (Å²) in [4.78, 5) is 33.8. The van der Waals surface area contributed by atoms with Crippen molar-refractivity contribution >= 4 is 23.3 Å². The van der Waals surface area contributed by atoms with Gasteiger partial charge in [0, 0.05) is 0 Å². The number of rotatable bonds is 6. The summed E-state index contributed by atoms with van der Waals surface area (Å²) in [7, 11) is 0. The fourth-order valence-corrected chi connectivity index (χ4v) is 3.16. The second-order valence-electron chi connectivity index (χ2n) is 6.83. The molecular weight excluding hydrogens is 382 g/mol. The molecule has 9 heteroatoms. The minimum absolute atomic E-state index is 0.0745. The van der Waals surface area contributed by atoms with Gasteiger partial charge in [0.25, 0.3) is 11.8 Å². The SMILES string of the molecule is CC1N=C(C(=O)NC(Cn2cncn2)c2ccccc2)NN(c2ccccc2)C1=O. The molecule has 9 nitrogen and oxygen atoms in total. The Balaban J connectivity index is 1.55. The van der Waals surface area contributed by atoms with Crippen molar-refractivity contribution in [1.82, 2.24) is 25.5 Å². The van der Waals surface area contributed by atoms with Gasteiger partial charge in [-0.1, -0.05) is 48.5 Å². The minimum atomic E-state index is -0.683. The van der Waals surface area contributed by atoms with E-state index in [9.17, 15) is 9.59 Å². The lowest BCUT2D eigenvalue weighted by Gasteiger charge is -2.31. The first-order valence-corrected chi connectivity index (χ1v) is 9.53. The number of aromatic nitrogens is 3. The number of carbonyl (C=O) groups excluding carboxylic acids is 2. The number of aliphatic imine (C=N–C) groups is 1. The highest BCUT2D eigenvalue weighted by molar-refractivity contribution is 6.39. The van der Waals surface area contributed by atoms with E-state index in [0.29, 0.717) is 12.2 Å². The van der Waals surface area contributed by atoms with Crippen LogP contribution in [0.1, 0.15) is 18.5 Å². The van der Waals surface area contributed by atoms with Crippen molar-refractivity contribution in [2.45, 2.75) is 25.6 Å². The van der Waals surface area contributed by atoms with E-state index >= 15 is 0 Å². The van der Waals surface area contributed by atoms with Gasteiger partial charge >= 0.3 is 0 Å². The summed E-state index contributed by atoms with van der Waals surface area (Å²) in [5.74, 6) is -0.574. The summed E-state index contributed by atoms with van der Waals surface area (Å²) in [6.07, 6.45) is 3.04. The molecule has 0 bridgehead atoms. The number of carbonyl (C=O) groups is 2. The summed E-state index contributed by atoms with van der Waals surface area (Å²) in [5.41, 5.74) is 4.41. The molecular formula is C21H21N7O2. The van der Waals surface area contributed by atoms with E-state index in [1.54, 1.807) is 30.1 Å². The Morgan fingerprint density at radius 1 is 1.13 bits per heavy atom. The Hall–Kier alpha value is -4.01. The van der Waals surface area contributed by atoms with Gasteiger partial charge in [-0.2, -0.15) is 5.10 Å². The Morgan fingerprint density at radius 2 is 1.83 bits per heavy atom. The standard InChI is InChI=1S/C21H21N7O2/c1-15-21(30)28(17-10-6-3-7-11-17)26-19(24-15)20(29)25-18(12-27-14-22-13-23-27)16-8-4-2-5-9-16/h2-11,13-15,18H,12H2,1H3,(H,24,26)(H,25,29). The monoisotopic (exact) mass is 403 g/mol. The lowest BCUT2D eigenvalue weighted by molar-refractivity contribution is -0.120. The highest BCUT2D eigenvalue weighted by Crippen LogP contribution is 2.17. The van der Waals surface area contributed by atoms with Crippen LogP contribution in [0.5, 0.6) is 0 Å². The number of para-hydroxylation sites is 1. The average molecular weight is 403 g/mol. The van der Waals surface area contributed by atoms with Gasteiger partial charge < -0.3 is 5.32 Å². The molecule has 1 aromatic heterocycles. The Kier molecular flexibility index (Phi) is 5.51. The summed E-state index contributed by atoms with van der Waals surface area (Å²) in [6, 6.07) is 17.6. The Bertz CT molecular complexity index is 1040. The van der Waals surface area contributed by atoms with Crippen molar-refractivity contribution in [2.75, 3.05) is 5.01 Å². The van der Waals surface area contributed by atoms with Gasteiger partial charge in [0.2, 0.25) is 5.84 Å². The maximum absolute atomic E-state index is 13.1. The highest BCUT2D eigenvalue weighted by Gasteiger charge is 2.31. The molecule has 1 aliphatic heterocycles. The normalized spacial score (nSPS) is 17.1. The number of hydrogen-bond donors (Lipinski definition) is 2. The van der Waals surface area contributed by atoms with Crippen LogP contribution in [-0.2, 0) is 16.1 Å². The molecule has 3 aromatic rings. The van der Waals surface area contributed by atoms with Gasteiger partial charge in [0.05, 0.1) is 18.3 Å². The second-order valence-corrected chi connectivity index (χ2v) is 6.83. The van der Waals surface area contributed by atoms with Gasteiger partial charge in [-0.05, 0) is 24.6 Å². The number of hydrogen-bond acceptors (Lipinski definition) is 6. The van der Waals surface area contributed by atoms with Gasteiger partial charge in [-0.25, -0.2) is 15.0 Å². The van der Waals surface area contributed by atoms with Gasteiger partial charge in [-0.15, -0.1) is 0 Å². The van der Waals surface area contributed by atoms with Crippen molar-refractivity contribution in [3.63, 3.8) is 0 Å². The smallest absolute Gasteiger partial charge is 0.288 e. The molecule has 2 N–H and O–H groups in total. The van der Waals surface area contributed by atoms with Crippen LogP contribution in [0.25, 0.3) is 0 Å². The molecule has 2 aromatic carbocycles. The molecule has 152 valence electrons. The summed E-state index contributed by atoms with van der Waals surface area (Å²) in [5, 5.41) is 8.47. The van der Waals surface area contributed by atoms with Crippen LogP contribution >= 0.6 is 0 Å². The molecule has 2 heterocycles. The van der Waals surface area contributed by atoms with Crippen LogP contribution in [0.4, 0.5) is 5.69 Å². The number of nitrogens with one attached hydrogen (secondary N) is 2. The molecule has 2 unspecified atom stereocenters. The Morgan fingerprint density at radius 3 is 2.50 bits per heavy atom.